The predicted molar refractivity (Wildman–Crippen MR) is 69.8 cm³/mol. The summed E-state index contributed by atoms with van der Waals surface area (Å²) in [6.07, 6.45) is 2.16. The standard InChI is InChI=1S/C13H19NOS/c15-13(11-5-2-1-3-6-11)9-14-12-7-4-8-16-10-12/h1-3,5-6,12-15H,4,7-10H2. The zero-order chi connectivity index (χ0) is 11.2. The zero-order valence-electron chi connectivity index (χ0n) is 9.43. The van der Waals surface area contributed by atoms with Crippen LogP contribution in [0.2, 0.25) is 0 Å². The minimum absolute atomic E-state index is 0.381. The van der Waals surface area contributed by atoms with Gasteiger partial charge in [-0.2, -0.15) is 11.8 Å². The van der Waals surface area contributed by atoms with Gasteiger partial charge in [0.1, 0.15) is 0 Å². The van der Waals surface area contributed by atoms with E-state index in [4.69, 9.17) is 0 Å². The Hall–Kier alpha value is -0.510. The summed E-state index contributed by atoms with van der Waals surface area (Å²) in [6.45, 7) is 0.662. The molecule has 2 nitrogen and oxygen atoms in total. The number of benzene rings is 1. The molecule has 1 aliphatic heterocycles. The van der Waals surface area contributed by atoms with Gasteiger partial charge in [0.25, 0.3) is 0 Å². The van der Waals surface area contributed by atoms with Gasteiger partial charge in [0.15, 0.2) is 0 Å². The predicted octanol–water partition coefficient (Wildman–Crippen LogP) is 2.21. The minimum atomic E-state index is -0.381. The fourth-order valence-corrected chi connectivity index (χ4v) is 3.08. The first-order chi connectivity index (χ1) is 7.86. The van der Waals surface area contributed by atoms with Crippen LogP contribution in [-0.4, -0.2) is 29.2 Å². The van der Waals surface area contributed by atoms with Crippen molar-refractivity contribution in [2.75, 3.05) is 18.1 Å². The summed E-state index contributed by atoms with van der Waals surface area (Å²) in [5, 5.41) is 13.4. The number of aliphatic hydroxyl groups is 1. The number of thioether (sulfide) groups is 1. The van der Waals surface area contributed by atoms with Crippen LogP contribution in [0.5, 0.6) is 0 Å². The van der Waals surface area contributed by atoms with Crippen molar-refractivity contribution in [3.05, 3.63) is 35.9 Å². The summed E-state index contributed by atoms with van der Waals surface area (Å²) < 4.78 is 0. The summed E-state index contributed by atoms with van der Waals surface area (Å²) in [5.74, 6) is 2.47. The number of aliphatic hydroxyl groups excluding tert-OH is 1. The first-order valence-corrected chi connectivity index (χ1v) is 7.06. The molecular weight excluding hydrogens is 218 g/mol. The first-order valence-electron chi connectivity index (χ1n) is 5.90. The van der Waals surface area contributed by atoms with E-state index in [-0.39, 0.29) is 6.10 Å². The molecule has 0 saturated carbocycles. The third-order valence-electron chi connectivity index (χ3n) is 2.94. The average Bonchev–Trinajstić information content (AvgIpc) is 2.38. The van der Waals surface area contributed by atoms with E-state index in [1.807, 2.05) is 42.1 Å². The molecule has 1 aromatic rings. The van der Waals surface area contributed by atoms with E-state index in [1.54, 1.807) is 0 Å². The van der Waals surface area contributed by atoms with E-state index in [9.17, 15) is 5.11 Å². The molecule has 3 heteroatoms. The summed E-state index contributed by atoms with van der Waals surface area (Å²) in [4.78, 5) is 0. The molecule has 0 spiro atoms. The third kappa shape index (κ3) is 3.51. The van der Waals surface area contributed by atoms with Crippen LogP contribution in [-0.2, 0) is 0 Å². The van der Waals surface area contributed by atoms with E-state index in [2.05, 4.69) is 5.32 Å². The Labute approximate surface area is 101 Å². The number of hydrogen-bond donors (Lipinski definition) is 2. The van der Waals surface area contributed by atoms with Gasteiger partial charge in [0.05, 0.1) is 6.10 Å². The molecule has 1 saturated heterocycles. The van der Waals surface area contributed by atoms with Gasteiger partial charge in [-0.05, 0) is 24.2 Å². The maximum absolute atomic E-state index is 9.98. The highest BCUT2D eigenvalue weighted by atomic mass is 32.2. The topological polar surface area (TPSA) is 32.3 Å². The second-order valence-electron chi connectivity index (χ2n) is 4.25. The van der Waals surface area contributed by atoms with Crippen molar-refractivity contribution < 1.29 is 5.11 Å². The fraction of sp³-hybridized carbons (Fsp3) is 0.538. The number of nitrogens with one attached hydrogen (secondary N) is 1. The molecule has 16 heavy (non-hydrogen) atoms. The van der Waals surface area contributed by atoms with E-state index < -0.39 is 0 Å². The van der Waals surface area contributed by atoms with Gasteiger partial charge in [-0.25, -0.2) is 0 Å². The molecule has 2 unspecified atom stereocenters. The van der Waals surface area contributed by atoms with E-state index >= 15 is 0 Å². The molecule has 1 fully saturated rings. The fourth-order valence-electron chi connectivity index (χ4n) is 1.97. The second-order valence-corrected chi connectivity index (χ2v) is 5.40. The third-order valence-corrected chi connectivity index (χ3v) is 4.16. The molecular formula is C13H19NOS. The summed E-state index contributed by atoms with van der Waals surface area (Å²) in [7, 11) is 0. The molecule has 0 radical (unpaired) electrons. The van der Waals surface area contributed by atoms with Gasteiger partial charge in [-0.3, -0.25) is 0 Å². The molecule has 2 rings (SSSR count). The van der Waals surface area contributed by atoms with Crippen molar-refractivity contribution in [2.45, 2.75) is 25.0 Å². The van der Waals surface area contributed by atoms with Crippen LogP contribution >= 0.6 is 11.8 Å². The molecule has 0 aromatic heterocycles. The van der Waals surface area contributed by atoms with Gasteiger partial charge in [-0.1, -0.05) is 30.3 Å². The minimum Gasteiger partial charge on any atom is -0.387 e. The van der Waals surface area contributed by atoms with Gasteiger partial charge in [-0.15, -0.1) is 0 Å². The molecule has 0 aliphatic carbocycles. The highest BCUT2D eigenvalue weighted by molar-refractivity contribution is 7.99. The molecule has 2 atom stereocenters. The lowest BCUT2D eigenvalue weighted by Crippen LogP contribution is -2.36. The maximum atomic E-state index is 9.98. The highest BCUT2D eigenvalue weighted by Gasteiger charge is 2.15. The Balaban J connectivity index is 1.77. The van der Waals surface area contributed by atoms with E-state index in [0.717, 1.165) is 5.56 Å². The molecule has 1 aromatic carbocycles. The molecule has 1 aliphatic rings. The van der Waals surface area contributed by atoms with Gasteiger partial charge in [0.2, 0.25) is 0 Å². The lowest BCUT2D eigenvalue weighted by Gasteiger charge is -2.24. The largest absolute Gasteiger partial charge is 0.387 e. The van der Waals surface area contributed by atoms with E-state index in [0.29, 0.717) is 12.6 Å². The lowest BCUT2D eigenvalue weighted by molar-refractivity contribution is 0.170. The second kappa shape index (κ2) is 6.28. The maximum Gasteiger partial charge on any atom is 0.0914 e. The van der Waals surface area contributed by atoms with Gasteiger partial charge in [0, 0.05) is 18.3 Å². The SMILES string of the molecule is OC(CNC1CCCSC1)c1ccccc1. The molecule has 88 valence electrons. The average molecular weight is 237 g/mol. The summed E-state index contributed by atoms with van der Waals surface area (Å²) >= 11 is 2.01. The zero-order valence-corrected chi connectivity index (χ0v) is 10.2. The normalized spacial score (nSPS) is 22.9. The van der Waals surface area contributed by atoms with Crippen LogP contribution in [0.4, 0.5) is 0 Å². The van der Waals surface area contributed by atoms with Crippen molar-refractivity contribution in [3.8, 4) is 0 Å². The Kier molecular flexibility index (Phi) is 4.69. The van der Waals surface area contributed by atoms with Crippen LogP contribution in [0.1, 0.15) is 24.5 Å². The smallest absolute Gasteiger partial charge is 0.0914 e. The monoisotopic (exact) mass is 237 g/mol. The molecule has 0 amide bonds. The van der Waals surface area contributed by atoms with Crippen molar-refractivity contribution in [3.63, 3.8) is 0 Å². The van der Waals surface area contributed by atoms with Crippen LogP contribution < -0.4 is 5.32 Å². The van der Waals surface area contributed by atoms with Crippen molar-refractivity contribution >= 4 is 11.8 Å². The van der Waals surface area contributed by atoms with Gasteiger partial charge < -0.3 is 10.4 Å². The lowest BCUT2D eigenvalue weighted by atomic mass is 10.1. The molecule has 2 N–H and O–H groups in total. The van der Waals surface area contributed by atoms with Crippen LogP contribution in [0.25, 0.3) is 0 Å². The van der Waals surface area contributed by atoms with E-state index in [1.165, 1.54) is 24.3 Å². The van der Waals surface area contributed by atoms with Crippen molar-refractivity contribution in [1.82, 2.24) is 5.32 Å². The Morgan fingerprint density at radius 2 is 2.19 bits per heavy atom. The number of rotatable bonds is 4. The Morgan fingerprint density at radius 1 is 1.38 bits per heavy atom. The van der Waals surface area contributed by atoms with Crippen LogP contribution in [0.15, 0.2) is 30.3 Å². The number of hydrogen-bond acceptors (Lipinski definition) is 3. The Morgan fingerprint density at radius 3 is 2.88 bits per heavy atom. The molecule has 0 bridgehead atoms. The van der Waals surface area contributed by atoms with Crippen LogP contribution in [0.3, 0.4) is 0 Å². The van der Waals surface area contributed by atoms with Gasteiger partial charge >= 0.3 is 0 Å². The Bertz CT molecular complexity index is 298. The highest BCUT2D eigenvalue weighted by Crippen LogP contribution is 2.18. The quantitative estimate of drug-likeness (QED) is 0.842. The van der Waals surface area contributed by atoms with Crippen molar-refractivity contribution in [2.24, 2.45) is 0 Å². The molecule has 1 heterocycles. The summed E-state index contributed by atoms with van der Waals surface area (Å²) in [5.41, 5.74) is 0.999. The first kappa shape index (κ1) is 12.0. The summed E-state index contributed by atoms with van der Waals surface area (Å²) in [6, 6.07) is 10.4. The van der Waals surface area contributed by atoms with Crippen molar-refractivity contribution in [1.29, 1.82) is 0 Å². The van der Waals surface area contributed by atoms with Crippen LogP contribution in [0, 0.1) is 0 Å².